The normalized spacial score (nSPS) is 14.5. The third kappa shape index (κ3) is 4.93. The van der Waals surface area contributed by atoms with Gasteiger partial charge in [-0.05, 0) is 30.5 Å². The number of nitrogens with zero attached hydrogens (tertiary/aromatic N) is 5. The molecular weight excluding hydrogens is 428 g/mol. The van der Waals surface area contributed by atoms with E-state index in [1.807, 2.05) is 42.9 Å². The number of nitrogens with one attached hydrogen (secondary N) is 1. The first-order valence-electron chi connectivity index (χ1n) is 11.9. The van der Waals surface area contributed by atoms with Crippen molar-refractivity contribution in [3.63, 3.8) is 0 Å². The van der Waals surface area contributed by atoms with Gasteiger partial charge in [-0.1, -0.05) is 48.7 Å². The van der Waals surface area contributed by atoms with Crippen LogP contribution in [0.25, 0.3) is 34.1 Å². The third-order valence-corrected chi connectivity index (χ3v) is 6.35. The van der Waals surface area contributed by atoms with E-state index in [-0.39, 0.29) is 0 Å². The maximum absolute atomic E-state index is 5.73. The molecule has 0 bridgehead atoms. The molecule has 4 aromatic rings. The van der Waals surface area contributed by atoms with Gasteiger partial charge in [0.15, 0.2) is 0 Å². The Labute approximate surface area is 199 Å². The van der Waals surface area contributed by atoms with Crippen molar-refractivity contribution >= 4 is 0 Å². The minimum Gasteiger partial charge on any atom is -0.383 e. The molecule has 34 heavy (non-hydrogen) atoms. The molecule has 0 amide bonds. The SMILES string of the molecule is COCCNCc1ccc(-c2noc(-c3cnn(C4CCCCC4)c3-c3ccncc3)n2)cc1. The molecule has 3 heterocycles. The fourth-order valence-corrected chi connectivity index (χ4v) is 4.55. The number of benzene rings is 1. The highest BCUT2D eigenvalue weighted by Crippen LogP contribution is 2.37. The van der Waals surface area contributed by atoms with E-state index in [2.05, 4.69) is 32.3 Å². The second-order valence-electron chi connectivity index (χ2n) is 8.67. The molecule has 3 aromatic heterocycles. The van der Waals surface area contributed by atoms with Crippen LogP contribution in [0.4, 0.5) is 0 Å². The van der Waals surface area contributed by atoms with Gasteiger partial charge in [-0.2, -0.15) is 10.1 Å². The van der Waals surface area contributed by atoms with E-state index >= 15 is 0 Å². The molecule has 1 saturated carbocycles. The molecular formula is C26H30N6O2. The maximum atomic E-state index is 5.73. The minimum atomic E-state index is 0.387. The minimum absolute atomic E-state index is 0.387. The topological polar surface area (TPSA) is 90.9 Å². The summed E-state index contributed by atoms with van der Waals surface area (Å²) < 4.78 is 13.0. The van der Waals surface area contributed by atoms with Crippen molar-refractivity contribution in [1.82, 2.24) is 30.2 Å². The van der Waals surface area contributed by atoms with E-state index in [4.69, 9.17) is 19.3 Å². The van der Waals surface area contributed by atoms with E-state index in [1.165, 1.54) is 24.8 Å². The number of ether oxygens (including phenoxy) is 1. The van der Waals surface area contributed by atoms with Crippen LogP contribution in [0.5, 0.6) is 0 Å². The van der Waals surface area contributed by atoms with Gasteiger partial charge >= 0.3 is 0 Å². The van der Waals surface area contributed by atoms with E-state index < -0.39 is 0 Å². The van der Waals surface area contributed by atoms with Crippen LogP contribution >= 0.6 is 0 Å². The standard InChI is InChI=1S/C26H30N6O2/c1-33-16-15-28-17-19-7-9-21(10-8-19)25-30-26(34-31-25)23-18-29-32(22-5-3-2-4-6-22)24(23)20-11-13-27-14-12-20/h7-14,18,22,28H,2-6,15-17H2,1H3. The number of rotatable bonds is 9. The number of aromatic nitrogens is 5. The zero-order valence-corrected chi connectivity index (χ0v) is 19.5. The summed E-state index contributed by atoms with van der Waals surface area (Å²) in [6.45, 7) is 2.31. The Morgan fingerprint density at radius 3 is 2.59 bits per heavy atom. The number of hydrogen-bond acceptors (Lipinski definition) is 7. The average Bonchev–Trinajstić information content (AvgIpc) is 3.56. The van der Waals surface area contributed by atoms with Crippen molar-refractivity contribution in [3.8, 4) is 34.1 Å². The molecule has 0 saturated heterocycles. The van der Waals surface area contributed by atoms with Crippen LogP contribution in [-0.2, 0) is 11.3 Å². The van der Waals surface area contributed by atoms with Crippen molar-refractivity contribution < 1.29 is 9.26 Å². The Balaban J connectivity index is 1.41. The molecule has 8 nitrogen and oxygen atoms in total. The predicted molar refractivity (Wildman–Crippen MR) is 130 cm³/mol. The smallest absolute Gasteiger partial charge is 0.262 e. The van der Waals surface area contributed by atoms with Gasteiger partial charge in [-0.15, -0.1) is 0 Å². The zero-order valence-electron chi connectivity index (χ0n) is 19.5. The predicted octanol–water partition coefficient (Wildman–Crippen LogP) is 4.90. The summed E-state index contributed by atoms with van der Waals surface area (Å²) >= 11 is 0. The molecule has 1 aliphatic carbocycles. The molecule has 0 aliphatic heterocycles. The summed E-state index contributed by atoms with van der Waals surface area (Å²) in [6.07, 6.45) is 11.5. The van der Waals surface area contributed by atoms with Crippen molar-refractivity contribution in [1.29, 1.82) is 0 Å². The highest BCUT2D eigenvalue weighted by Gasteiger charge is 2.25. The summed E-state index contributed by atoms with van der Waals surface area (Å²) in [5, 5.41) is 12.4. The second-order valence-corrected chi connectivity index (χ2v) is 8.67. The lowest BCUT2D eigenvalue weighted by Crippen LogP contribution is -2.18. The quantitative estimate of drug-likeness (QED) is 0.357. The molecule has 176 valence electrons. The molecule has 1 aliphatic rings. The molecule has 0 radical (unpaired) electrons. The molecule has 0 spiro atoms. The Hall–Kier alpha value is -3.36. The lowest BCUT2D eigenvalue weighted by atomic mass is 9.95. The maximum Gasteiger partial charge on any atom is 0.262 e. The van der Waals surface area contributed by atoms with Crippen LogP contribution in [0.3, 0.4) is 0 Å². The van der Waals surface area contributed by atoms with Gasteiger partial charge in [-0.3, -0.25) is 9.67 Å². The van der Waals surface area contributed by atoms with Gasteiger partial charge in [0.05, 0.1) is 30.1 Å². The first-order valence-corrected chi connectivity index (χ1v) is 11.9. The first kappa shape index (κ1) is 22.4. The molecule has 0 atom stereocenters. The summed E-state index contributed by atoms with van der Waals surface area (Å²) in [6, 6.07) is 12.6. The fraction of sp³-hybridized carbons (Fsp3) is 0.385. The highest BCUT2D eigenvalue weighted by molar-refractivity contribution is 5.77. The van der Waals surface area contributed by atoms with Crippen LogP contribution in [0.2, 0.25) is 0 Å². The van der Waals surface area contributed by atoms with Gasteiger partial charge in [0, 0.05) is 43.7 Å². The largest absolute Gasteiger partial charge is 0.383 e. The summed E-state index contributed by atoms with van der Waals surface area (Å²) in [7, 11) is 1.71. The van der Waals surface area contributed by atoms with E-state index in [0.717, 1.165) is 48.3 Å². The monoisotopic (exact) mass is 458 g/mol. The van der Waals surface area contributed by atoms with E-state index in [9.17, 15) is 0 Å². The van der Waals surface area contributed by atoms with Gasteiger partial charge in [0.1, 0.15) is 0 Å². The molecule has 1 N–H and O–H groups in total. The fourth-order valence-electron chi connectivity index (χ4n) is 4.55. The van der Waals surface area contributed by atoms with Gasteiger partial charge in [-0.25, -0.2) is 0 Å². The number of hydrogen-bond donors (Lipinski definition) is 1. The zero-order chi connectivity index (χ0) is 23.2. The van der Waals surface area contributed by atoms with Gasteiger partial charge in [0.25, 0.3) is 5.89 Å². The summed E-state index contributed by atoms with van der Waals surface area (Å²) in [4.78, 5) is 8.92. The average molecular weight is 459 g/mol. The molecule has 8 heteroatoms. The van der Waals surface area contributed by atoms with Crippen molar-refractivity contribution in [2.45, 2.75) is 44.7 Å². The third-order valence-electron chi connectivity index (χ3n) is 6.35. The summed E-state index contributed by atoms with van der Waals surface area (Å²) in [5.41, 5.74) is 5.03. The Bertz CT molecular complexity index is 1180. The lowest BCUT2D eigenvalue weighted by molar-refractivity contribution is 0.199. The van der Waals surface area contributed by atoms with Gasteiger partial charge in [0.2, 0.25) is 5.82 Å². The molecule has 0 unspecified atom stereocenters. The van der Waals surface area contributed by atoms with Crippen molar-refractivity contribution in [2.24, 2.45) is 0 Å². The van der Waals surface area contributed by atoms with Crippen LogP contribution in [0, 0.1) is 0 Å². The van der Waals surface area contributed by atoms with E-state index in [0.29, 0.717) is 24.4 Å². The van der Waals surface area contributed by atoms with Crippen LogP contribution < -0.4 is 5.32 Å². The molecule has 5 rings (SSSR count). The molecule has 1 fully saturated rings. The lowest BCUT2D eigenvalue weighted by Gasteiger charge is -2.24. The number of methoxy groups -OCH3 is 1. The van der Waals surface area contributed by atoms with Gasteiger partial charge < -0.3 is 14.6 Å². The number of pyridine rings is 1. The van der Waals surface area contributed by atoms with E-state index in [1.54, 1.807) is 7.11 Å². The Morgan fingerprint density at radius 2 is 1.82 bits per heavy atom. The van der Waals surface area contributed by atoms with Crippen molar-refractivity contribution in [2.75, 3.05) is 20.3 Å². The van der Waals surface area contributed by atoms with Crippen LogP contribution in [-0.4, -0.2) is 45.2 Å². The summed E-state index contributed by atoms with van der Waals surface area (Å²) in [5.74, 6) is 1.05. The van der Waals surface area contributed by atoms with Crippen LogP contribution in [0.1, 0.15) is 43.7 Å². The Morgan fingerprint density at radius 1 is 1.03 bits per heavy atom. The van der Waals surface area contributed by atoms with Crippen LogP contribution in [0.15, 0.2) is 59.5 Å². The Kier molecular flexibility index (Phi) is 7.07. The van der Waals surface area contributed by atoms with Crippen molar-refractivity contribution in [3.05, 3.63) is 60.6 Å². The second kappa shape index (κ2) is 10.7. The first-order chi connectivity index (χ1) is 16.8. The molecule has 1 aromatic carbocycles. The highest BCUT2D eigenvalue weighted by atomic mass is 16.5.